The summed E-state index contributed by atoms with van der Waals surface area (Å²) in [6.45, 7) is 3.38. The summed E-state index contributed by atoms with van der Waals surface area (Å²) in [7, 11) is 1.65. The van der Waals surface area contributed by atoms with Crippen LogP contribution in [0.25, 0.3) is 20.9 Å². The highest BCUT2D eigenvalue weighted by Crippen LogP contribution is 2.30. The van der Waals surface area contributed by atoms with Crippen LogP contribution >= 0.6 is 11.3 Å². The third-order valence-electron chi connectivity index (χ3n) is 5.85. The van der Waals surface area contributed by atoms with Crippen molar-refractivity contribution in [3.8, 4) is 16.5 Å². The van der Waals surface area contributed by atoms with Gasteiger partial charge < -0.3 is 14.8 Å². The van der Waals surface area contributed by atoms with Crippen LogP contribution in [-0.2, 0) is 4.74 Å². The lowest BCUT2D eigenvalue weighted by Gasteiger charge is -2.35. The van der Waals surface area contributed by atoms with Crippen LogP contribution in [0.2, 0.25) is 0 Å². The molecule has 1 N–H and O–H groups in total. The molecule has 174 valence electrons. The summed E-state index contributed by atoms with van der Waals surface area (Å²) in [5, 5.41) is 3.77. The molecule has 4 aromatic rings. The summed E-state index contributed by atoms with van der Waals surface area (Å²) < 4.78 is 11.9. The Labute approximate surface area is 201 Å². The Kier molecular flexibility index (Phi) is 6.75. The van der Waals surface area contributed by atoms with Gasteiger partial charge in [-0.05, 0) is 29.8 Å². The third-order valence-corrected chi connectivity index (χ3v) is 6.90. The molecule has 0 unspecified atom stereocenters. The van der Waals surface area contributed by atoms with E-state index < -0.39 is 0 Å². The van der Waals surface area contributed by atoms with Gasteiger partial charge in [-0.15, -0.1) is 11.3 Å². The van der Waals surface area contributed by atoms with Gasteiger partial charge in [0, 0.05) is 32.0 Å². The lowest BCUT2D eigenvalue weighted by Crippen LogP contribution is -2.44. The van der Waals surface area contributed by atoms with Gasteiger partial charge in [0.05, 0.1) is 36.6 Å². The summed E-state index contributed by atoms with van der Waals surface area (Å²) in [6.07, 6.45) is 3.13. The summed E-state index contributed by atoms with van der Waals surface area (Å²) in [5.74, 6) is 0.530. The summed E-state index contributed by atoms with van der Waals surface area (Å²) in [4.78, 5) is 29.1. The molecule has 2 aromatic carbocycles. The topological polar surface area (TPSA) is 89.5 Å². The molecule has 1 aliphatic rings. The van der Waals surface area contributed by atoms with Crippen molar-refractivity contribution >= 4 is 27.5 Å². The van der Waals surface area contributed by atoms with Gasteiger partial charge in [-0.2, -0.15) is 0 Å². The number of fused-ring (bicyclic) bond motifs is 1. The molecule has 5 rings (SSSR count). The normalized spacial score (nSPS) is 15.2. The minimum absolute atomic E-state index is 0.00123. The molecular formula is C25H25N5O3S. The monoisotopic (exact) mass is 475 g/mol. The Morgan fingerprint density at radius 2 is 1.88 bits per heavy atom. The van der Waals surface area contributed by atoms with Crippen LogP contribution in [0.3, 0.4) is 0 Å². The van der Waals surface area contributed by atoms with Crippen molar-refractivity contribution < 1.29 is 14.3 Å². The summed E-state index contributed by atoms with van der Waals surface area (Å²) >= 11 is 1.50. The SMILES string of the molecule is COc1ccc([C@H](CNC(=O)c2nccnc2-c2nc3ccccc3s2)N2CCOCC2)cc1. The van der Waals surface area contributed by atoms with Gasteiger partial charge in [0.1, 0.15) is 16.5 Å². The van der Waals surface area contributed by atoms with E-state index in [1.165, 1.54) is 17.5 Å². The Bertz CT molecular complexity index is 1240. The molecule has 0 bridgehead atoms. The van der Waals surface area contributed by atoms with E-state index in [0.29, 0.717) is 30.5 Å². The van der Waals surface area contributed by atoms with E-state index in [-0.39, 0.29) is 17.6 Å². The third kappa shape index (κ3) is 4.77. The fourth-order valence-corrected chi connectivity index (χ4v) is 5.04. The van der Waals surface area contributed by atoms with E-state index in [2.05, 4.69) is 25.2 Å². The molecule has 0 saturated carbocycles. The molecule has 1 amide bonds. The first-order valence-electron chi connectivity index (χ1n) is 11.1. The Morgan fingerprint density at radius 3 is 2.65 bits per heavy atom. The summed E-state index contributed by atoms with van der Waals surface area (Å²) in [5.41, 5.74) is 2.76. The molecule has 2 aromatic heterocycles. The molecule has 1 fully saturated rings. The first kappa shape index (κ1) is 22.4. The number of para-hydroxylation sites is 1. The smallest absolute Gasteiger partial charge is 0.272 e. The maximum absolute atomic E-state index is 13.3. The minimum Gasteiger partial charge on any atom is -0.497 e. The number of methoxy groups -OCH3 is 1. The van der Waals surface area contributed by atoms with E-state index in [4.69, 9.17) is 9.47 Å². The Hall–Kier alpha value is -3.40. The van der Waals surface area contributed by atoms with Crippen LogP contribution < -0.4 is 10.1 Å². The van der Waals surface area contributed by atoms with Crippen molar-refractivity contribution in [1.82, 2.24) is 25.2 Å². The minimum atomic E-state index is -0.269. The van der Waals surface area contributed by atoms with Gasteiger partial charge in [-0.3, -0.25) is 9.69 Å². The summed E-state index contributed by atoms with van der Waals surface area (Å²) in [6, 6.07) is 15.8. The molecule has 1 aliphatic heterocycles. The predicted octanol–water partition coefficient (Wildman–Crippen LogP) is 3.57. The molecule has 34 heavy (non-hydrogen) atoms. The van der Waals surface area contributed by atoms with Gasteiger partial charge in [-0.25, -0.2) is 15.0 Å². The number of hydrogen-bond donors (Lipinski definition) is 1. The molecule has 1 saturated heterocycles. The first-order chi connectivity index (χ1) is 16.7. The zero-order chi connectivity index (χ0) is 23.3. The maximum atomic E-state index is 13.3. The first-order valence-corrected chi connectivity index (χ1v) is 12.0. The van der Waals surface area contributed by atoms with Gasteiger partial charge in [0.2, 0.25) is 0 Å². The van der Waals surface area contributed by atoms with Crippen LogP contribution in [0, 0.1) is 0 Å². The van der Waals surface area contributed by atoms with Gasteiger partial charge in [-0.1, -0.05) is 24.3 Å². The second-order valence-corrected chi connectivity index (χ2v) is 8.92. The number of nitrogens with zero attached hydrogens (tertiary/aromatic N) is 4. The van der Waals surface area contributed by atoms with E-state index in [0.717, 1.165) is 34.6 Å². The second kappa shape index (κ2) is 10.3. The van der Waals surface area contributed by atoms with Crippen LogP contribution in [0.15, 0.2) is 60.9 Å². The number of aromatic nitrogens is 3. The average molecular weight is 476 g/mol. The van der Waals surface area contributed by atoms with Crippen molar-refractivity contribution in [2.24, 2.45) is 0 Å². The van der Waals surface area contributed by atoms with Crippen molar-refractivity contribution in [1.29, 1.82) is 0 Å². The van der Waals surface area contributed by atoms with Crippen molar-refractivity contribution in [3.05, 3.63) is 72.2 Å². The molecular weight excluding hydrogens is 450 g/mol. The predicted molar refractivity (Wildman–Crippen MR) is 131 cm³/mol. The fourth-order valence-electron chi connectivity index (χ4n) is 4.08. The molecule has 0 aliphatic carbocycles. The van der Waals surface area contributed by atoms with Crippen LogP contribution in [0.4, 0.5) is 0 Å². The number of amides is 1. The van der Waals surface area contributed by atoms with Crippen LogP contribution in [-0.4, -0.2) is 65.7 Å². The Balaban J connectivity index is 1.38. The van der Waals surface area contributed by atoms with Crippen LogP contribution in [0.5, 0.6) is 5.75 Å². The number of nitrogens with one attached hydrogen (secondary N) is 1. The lowest BCUT2D eigenvalue weighted by atomic mass is 10.0. The molecule has 0 spiro atoms. The highest BCUT2D eigenvalue weighted by atomic mass is 32.1. The highest BCUT2D eigenvalue weighted by Gasteiger charge is 2.25. The largest absolute Gasteiger partial charge is 0.497 e. The van der Waals surface area contributed by atoms with Crippen LogP contribution in [0.1, 0.15) is 22.1 Å². The zero-order valence-corrected chi connectivity index (χ0v) is 19.6. The number of benzene rings is 2. The van der Waals surface area contributed by atoms with E-state index in [1.54, 1.807) is 13.3 Å². The molecule has 3 heterocycles. The highest BCUT2D eigenvalue weighted by molar-refractivity contribution is 7.21. The number of thiazole rings is 1. The number of carbonyl (C=O) groups is 1. The molecule has 0 radical (unpaired) electrons. The van der Waals surface area contributed by atoms with E-state index in [1.807, 2.05) is 48.5 Å². The molecule has 9 heteroatoms. The second-order valence-electron chi connectivity index (χ2n) is 7.89. The molecule has 1 atom stereocenters. The van der Waals surface area contributed by atoms with E-state index >= 15 is 0 Å². The Morgan fingerprint density at radius 1 is 1.12 bits per heavy atom. The number of rotatable bonds is 7. The van der Waals surface area contributed by atoms with Crippen molar-refractivity contribution in [3.63, 3.8) is 0 Å². The fraction of sp³-hybridized carbons (Fsp3) is 0.280. The maximum Gasteiger partial charge on any atom is 0.272 e. The van der Waals surface area contributed by atoms with Crippen molar-refractivity contribution in [2.45, 2.75) is 6.04 Å². The standard InChI is InChI=1S/C25H25N5O3S/c1-32-18-8-6-17(7-9-18)20(30-12-14-33-15-13-30)16-28-24(31)22-23(27-11-10-26-22)25-29-19-4-2-3-5-21(19)34-25/h2-11,20H,12-16H2,1H3,(H,28,31)/t20-/m0/s1. The van der Waals surface area contributed by atoms with Gasteiger partial charge in [0.25, 0.3) is 5.91 Å². The number of hydrogen-bond acceptors (Lipinski definition) is 8. The van der Waals surface area contributed by atoms with E-state index in [9.17, 15) is 4.79 Å². The number of ether oxygens (including phenoxy) is 2. The molecule has 8 nitrogen and oxygen atoms in total. The average Bonchev–Trinajstić information content (AvgIpc) is 3.34. The van der Waals surface area contributed by atoms with Crippen molar-refractivity contribution in [2.75, 3.05) is 40.0 Å². The lowest BCUT2D eigenvalue weighted by molar-refractivity contribution is 0.0162. The number of carbonyl (C=O) groups excluding carboxylic acids is 1. The quantitative estimate of drug-likeness (QED) is 0.437. The van der Waals surface area contributed by atoms with Gasteiger partial charge in [0.15, 0.2) is 5.69 Å². The number of morpholine rings is 1. The zero-order valence-electron chi connectivity index (χ0n) is 18.8. The van der Waals surface area contributed by atoms with Gasteiger partial charge >= 0.3 is 0 Å².